The van der Waals surface area contributed by atoms with Crippen LogP contribution in [0.1, 0.15) is 15.9 Å². The standard InChI is InChI=1S/C15H13BrN4O/c1-18-14-13(7-11(16)9-19-14)15(21)20(2)12-5-3-10(8-17)4-6-12/h3-7,9H,1-2H3,(H,18,19). The van der Waals surface area contributed by atoms with Gasteiger partial charge in [-0.1, -0.05) is 0 Å². The lowest BCUT2D eigenvalue weighted by Gasteiger charge is -2.19. The van der Waals surface area contributed by atoms with Gasteiger partial charge < -0.3 is 10.2 Å². The summed E-state index contributed by atoms with van der Waals surface area (Å²) in [6.07, 6.45) is 1.63. The number of carbonyl (C=O) groups is 1. The Bertz CT molecular complexity index is 707. The van der Waals surface area contributed by atoms with Crippen LogP contribution in [0.2, 0.25) is 0 Å². The second-order valence-corrected chi connectivity index (χ2v) is 5.24. The van der Waals surface area contributed by atoms with Crippen LogP contribution >= 0.6 is 15.9 Å². The molecule has 0 aliphatic heterocycles. The molecule has 1 amide bonds. The molecule has 21 heavy (non-hydrogen) atoms. The van der Waals surface area contributed by atoms with Crippen molar-refractivity contribution in [2.75, 3.05) is 24.3 Å². The van der Waals surface area contributed by atoms with Gasteiger partial charge in [-0.3, -0.25) is 4.79 Å². The molecule has 106 valence electrons. The molecule has 2 rings (SSSR count). The number of hydrogen-bond acceptors (Lipinski definition) is 4. The summed E-state index contributed by atoms with van der Waals surface area (Å²) in [7, 11) is 3.40. The molecule has 2 aromatic rings. The lowest BCUT2D eigenvalue weighted by molar-refractivity contribution is 0.0993. The van der Waals surface area contributed by atoms with Crippen LogP contribution in [0.25, 0.3) is 0 Å². The van der Waals surface area contributed by atoms with Gasteiger partial charge >= 0.3 is 0 Å². The Kier molecular flexibility index (Phi) is 4.55. The van der Waals surface area contributed by atoms with Crippen LogP contribution in [-0.4, -0.2) is 25.0 Å². The number of aromatic nitrogens is 1. The van der Waals surface area contributed by atoms with Gasteiger partial charge in [0.15, 0.2) is 0 Å². The van der Waals surface area contributed by atoms with Gasteiger partial charge in [-0.2, -0.15) is 5.26 Å². The topological polar surface area (TPSA) is 69.0 Å². The number of halogens is 1. The van der Waals surface area contributed by atoms with Crippen LogP contribution in [0.4, 0.5) is 11.5 Å². The lowest BCUT2D eigenvalue weighted by Crippen LogP contribution is -2.27. The minimum absolute atomic E-state index is 0.183. The predicted molar refractivity (Wildman–Crippen MR) is 85.4 cm³/mol. The maximum Gasteiger partial charge on any atom is 0.261 e. The molecule has 0 unspecified atom stereocenters. The van der Waals surface area contributed by atoms with Crippen molar-refractivity contribution in [3.05, 3.63) is 52.1 Å². The van der Waals surface area contributed by atoms with Gasteiger partial charge in [0.25, 0.3) is 5.91 Å². The van der Waals surface area contributed by atoms with E-state index < -0.39 is 0 Å². The maximum atomic E-state index is 12.6. The third-order valence-electron chi connectivity index (χ3n) is 3.01. The summed E-state index contributed by atoms with van der Waals surface area (Å²) in [4.78, 5) is 18.3. The number of nitriles is 1. The highest BCUT2D eigenvalue weighted by atomic mass is 79.9. The molecule has 6 heteroatoms. The summed E-state index contributed by atoms with van der Waals surface area (Å²) >= 11 is 3.32. The van der Waals surface area contributed by atoms with Crippen molar-refractivity contribution in [2.24, 2.45) is 0 Å². The molecule has 0 radical (unpaired) electrons. The van der Waals surface area contributed by atoms with Gasteiger partial charge in [0.1, 0.15) is 5.82 Å². The first-order valence-electron chi connectivity index (χ1n) is 6.18. The van der Waals surface area contributed by atoms with Gasteiger partial charge in [0.2, 0.25) is 0 Å². The number of pyridine rings is 1. The Balaban J connectivity index is 2.34. The molecule has 0 saturated carbocycles. The fourth-order valence-corrected chi connectivity index (χ4v) is 2.19. The van der Waals surface area contributed by atoms with Crippen molar-refractivity contribution in [3.8, 4) is 6.07 Å². The number of nitrogens with zero attached hydrogens (tertiary/aromatic N) is 3. The molecule has 0 fully saturated rings. The number of hydrogen-bond donors (Lipinski definition) is 1. The summed E-state index contributed by atoms with van der Waals surface area (Å²) < 4.78 is 0.734. The number of nitrogens with one attached hydrogen (secondary N) is 1. The Morgan fingerprint density at radius 1 is 1.38 bits per heavy atom. The van der Waals surface area contributed by atoms with Crippen molar-refractivity contribution in [1.29, 1.82) is 5.26 Å². The fraction of sp³-hybridized carbons (Fsp3) is 0.133. The van der Waals surface area contributed by atoms with Gasteiger partial charge in [-0.25, -0.2) is 4.98 Å². The van der Waals surface area contributed by atoms with E-state index in [4.69, 9.17) is 5.26 Å². The average molecular weight is 345 g/mol. The first-order valence-corrected chi connectivity index (χ1v) is 6.97. The van der Waals surface area contributed by atoms with Crippen molar-refractivity contribution >= 4 is 33.3 Å². The molecule has 0 bridgehead atoms. The van der Waals surface area contributed by atoms with Crippen molar-refractivity contribution in [1.82, 2.24) is 4.98 Å². The van der Waals surface area contributed by atoms with Crippen LogP contribution in [0.15, 0.2) is 41.0 Å². The molecule has 0 spiro atoms. The van der Waals surface area contributed by atoms with E-state index in [-0.39, 0.29) is 5.91 Å². The molecule has 1 aromatic carbocycles. The van der Waals surface area contributed by atoms with E-state index >= 15 is 0 Å². The minimum Gasteiger partial charge on any atom is -0.372 e. The lowest BCUT2D eigenvalue weighted by atomic mass is 10.2. The SMILES string of the molecule is CNc1ncc(Br)cc1C(=O)N(C)c1ccc(C#N)cc1. The second-order valence-electron chi connectivity index (χ2n) is 4.32. The highest BCUT2D eigenvalue weighted by Gasteiger charge is 2.18. The zero-order valence-corrected chi connectivity index (χ0v) is 13.2. The zero-order valence-electron chi connectivity index (χ0n) is 11.6. The predicted octanol–water partition coefficient (Wildman–Crippen LogP) is 3.03. The normalized spacial score (nSPS) is 9.81. The molecule has 1 aromatic heterocycles. The Labute approximate surface area is 131 Å². The van der Waals surface area contributed by atoms with E-state index in [0.29, 0.717) is 22.6 Å². The molecule has 5 nitrogen and oxygen atoms in total. The van der Waals surface area contributed by atoms with Crippen molar-refractivity contribution in [2.45, 2.75) is 0 Å². The third-order valence-corrected chi connectivity index (χ3v) is 3.44. The number of carbonyl (C=O) groups excluding carboxylic acids is 1. The van der Waals surface area contributed by atoms with Gasteiger partial charge in [-0.15, -0.1) is 0 Å². The van der Waals surface area contributed by atoms with Crippen LogP contribution in [-0.2, 0) is 0 Å². The number of rotatable bonds is 3. The molecular formula is C15H13BrN4O. The van der Waals surface area contributed by atoms with Crippen LogP contribution in [0.5, 0.6) is 0 Å². The number of amides is 1. The zero-order chi connectivity index (χ0) is 15.4. The highest BCUT2D eigenvalue weighted by molar-refractivity contribution is 9.10. The molecule has 1 N–H and O–H groups in total. The van der Waals surface area contributed by atoms with Crippen LogP contribution in [0, 0.1) is 11.3 Å². The smallest absolute Gasteiger partial charge is 0.261 e. The molecule has 1 heterocycles. The van der Waals surface area contributed by atoms with E-state index in [0.717, 1.165) is 4.47 Å². The molecule has 0 atom stereocenters. The Morgan fingerprint density at radius 2 is 2.05 bits per heavy atom. The average Bonchev–Trinajstić information content (AvgIpc) is 2.53. The van der Waals surface area contributed by atoms with Gasteiger partial charge in [0, 0.05) is 30.5 Å². The Hall–Kier alpha value is -2.39. The van der Waals surface area contributed by atoms with Crippen LogP contribution < -0.4 is 10.2 Å². The quantitative estimate of drug-likeness (QED) is 0.928. The molecule has 0 saturated heterocycles. The van der Waals surface area contributed by atoms with E-state index in [9.17, 15) is 4.79 Å². The van der Waals surface area contributed by atoms with E-state index in [2.05, 4.69) is 32.3 Å². The summed E-state index contributed by atoms with van der Waals surface area (Å²) in [6.45, 7) is 0. The number of benzene rings is 1. The monoisotopic (exact) mass is 344 g/mol. The largest absolute Gasteiger partial charge is 0.372 e. The molecular weight excluding hydrogens is 332 g/mol. The second kappa shape index (κ2) is 6.37. The maximum absolute atomic E-state index is 12.6. The number of anilines is 2. The summed E-state index contributed by atoms with van der Waals surface area (Å²) in [6, 6.07) is 10.6. The van der Waals surface area contributed by atoms with Gasteiger partial charge in [0.05, 0.1) is 17.2 Å². The summed E-state index contributed by atoms with van der Waals surface area (Å²) in [5.41, 5.74) is 1.74. The summed E-state index contributed by atoms with van der Waals surface area (Å²) in [5.74, 6) is 0.335. The minimum atomic E-state index is -0.183. The van der Waals surface area contributed by atoms with E-state index in [1.165, 1.54) is 4.90 Å². The first-order chi connectivity index (χ1) is 10.1. The van der Waals surface area contributed by atoms with Crippen molar-refractivity contribution in [3.63, 3.8) is 0 Å². The van der Waals surface area contributed by atoms with E-state index in [1.54, 1.807) is 50.6 Å². The van der Waals surface area contributed by atoms with Gasteiger partial charge in [-0.05, 0) is 46.3 Å². The molecule has 0 aliphatic carbocycles. The fourth-order valence-electron chi connectivity index (χ4n) is 1.86. The van der Waals surface area contributed by atoms with E-state index in [1.807, 2.05) is 0 Å². The third kappa shape index (κ3) is 3.20. The van der Waals surface area contributed by atoms with Crippen LogP contribution in [0.3, 0.4) is 0 Å². The first kappa shape index (κ1) is 15.0. The Morgan fingerprint density at radius 3 is 2.62 bits per heavy atom. The molecule has 0 aliphatic rings. The highest BCUT2D eigenvalue weighted by Crippen LogP contribution is 2.22. The summed E-state index contributed by atoms with van der Waals surface area (Å²) in [5, 5.41) is 11.7. The van der Waals surface area contributed by atoms with Crippen molar-refractivity contribution < 1.29 is 4.79 Å².